The maximum absolute atomic E-state index is 12.4. The van der Waals surface area contributed by atoms with E-state index in [4.69, 9.17) is 0 Å². The third-order valence-electron chi connectivity index (χ3n) is 4.03. The van der Waals surface area contributed by atoms with Crippen molar-refractivity contribution < 1.29 is 9.59 Å². The Hall–Kier alpha value is -1.14. The zero-order valence-corrected chi connectivity index (χ0v) is 13.4. The molecule has 1 aliphatic heterocycles. The molecule has 0 aliphatic carbocycles. The predicted octanol–water partition coefficient (Wildman–Crippen LogP) is -0.441. The summed E-state index contributed by atoms with van der Waals surface area (Å²) in [5.41, 5.74) is 0. The third kappa shape index (κ3) is 4.45. The van der Waals surface area contributed by atoms with E-state index in [1.165, 1.54) is 0 Å². The van der Waals surface area contributed by atoms with E-state index in [2.05, 4.69) is 11.8 Å². The van der Waals surface area contributed by atoms with Gasteiger partial charge in [0.25, 0.3) is 0 Å². The van der Waals surface area contributed by atoms with Crippen molar-refractivity contribution in [2.75, 3.05) is 60.4 Å². The first-order chi connectivity index (χ1) is 9.36. The molecule has 0 bridgehead atoms. The normalized spacial score (nSPS) is 18.2. The molecule has 1 heterocycles. The van der Waals surface area contributed by atoms with E-state index in [-0.39, 0.29) is 24.4 Å². The fraction of sp³-hybridized carbons (Fsp3) is 0.857. The van der Waals surface area contributed by atoms with Crippen molar-refractivity contribution >= 4 is 11.8 Å². The number of amides is 2. The van der Waals surface area contributed by atoms with Crippen LogP contribution in [0, 0.1) is 0 Å². The van der Waals surface area contributed by atoms with Gasteiger partial charge in [-0.3, -0.25) is 14.5 Å². The second kappa shape index (κ2) is 7.59. The van der Waals surface area contributed by atoms with Gasteiger partial charge in [0.2, 0.25) is 11.8 Å². The number of hydrogen-bond donors (Lipinski definition) is 0. The van der Waals surface area contributed by atoms with Crippen LogP contribution in [0.2, 0.25) is 0 Å². The topological polar surface area (TPSA) is 47.1 Å². The van der Waals surface area contributed by atoms with E-state index >= 15 is 0 Å². The monoisotopic (exact) mass is 284 g/mol. The SMILES string of the molecule is CCN1CCN(C(=O)[C@@H](C)N(C)CC(=O)N(C)C)CC1. The molecule has 0 saturated carbocycles. The van der Waals surface area contributed by atoms with Crippen molar-refractivity contribution in [1.82, 2.24) is 19.6 Å². The van der Waals surface area contributed by atoms with Crippen LogP contribution in [-0.4, -0.2) is 97.9 Å². The largest absolute Gasteiger partial charge is 0.348 e. The number of hydrogen-bond acceptors (Lipinski definition) is 4. The standard InChI is InChI=1S/C14H28N4O2/c1-6-17-7-9-18(10-8-17)14(20)12(2)16(5)11-13(19)15(3)4/h12H,6-11H2,1-5H3/t12-/m1/s1. The lowest BCUT2D eigenvalue weighted by molar-refractivity contribution is -0.139. The third-order valence-corrected chi connectivity index (χ3v) is 4.03. The molecule has 1 atom stereocenters. The Bertz CT molecular complexity index is 338. The first-order valence-corrected chi connectivity index (χ1v) is 7.28. The second-order valence-electron chi connectivity index (χ2n) is 5.64. The summed E-state index contributed by atoms with van der Waals surface area (Å²) in [7, 11) is 5.28. The molecule has 0 spiro atoms. The van der Waals surface area contributed by atoms with Crippen LogP contribution in [-0.2, 0) is 9.59 Å². The summed E-state index contributed by atoms with van der Waals surface area (Å²) in [6.45, 7) is 8.77. The van der Waals surface area contributed by atoms with E-state index in [0.717, 1.165) is 32.7 Å². The minimum Gasteiger partial charge on any atom is -0.348 e. The van der Waals surface area contributed by atoms with Crippen molar-refractivity contribution in [2.24, 2.45) is 0 Å². The lowest BCUT2D eigenvalue weighted by atomic mass is 10.2. The van der Waals surface area contributed by atoms with Gasteiger partial charge < -0.3 is 14.7 Å². The maximum Gasteiger partial charge on any atom is 0.239 e. The number of carbonyl (C=O) groups excluding carboxylic acids is 2. The van der Waals surface area contributed by atoms with Crippen LogP contribution >= 0.6 is 0 Å². The Morgan fingerprint density at radius 3 is 2.10 bits per heavy atom. The number of nitrogens with zero attached hydrogens (tertiary/aromatic N) is 4. The number of piperazine rings is 1. The van der Waals surface area contributed by atoms with Gasteiger partial charge in [0.15, 0.2) is 0 Å². The number of carbonyl (C=O) groups is 2. The highest BCUT2D eigenvalue weighted by molar-refractivity contribution is 5.83. The number of rotatable bonds is 5. The van der Waals surface area contributed by atoms with E-state index < -0.39 is 0 Å². The molecular formula is C14H28N4O2. The van der Waals surface area contributed by atoms with Crippen LogP contribution in [0.3, 0.4) is 0 Å². The zero-order valence-electron chi connectivity index (χ0n) is 13.4. The van der Waals surface area contributed by atoms with Gasteiger partial charge >= 0.3 is 0 Å². The van der Waals surface area contributed by atoms with Gasteiger partial charge in [-0.15, -0.1) is 0 Å². The van der Waals surface area contributed by atoms with Crippen LogP contribution in [0.15, 0.2) is 0 Å². The van der Waals surface area contributed by atoms with Crippen LogP contribution in [0.1, 0.15) is 13.8 Å². The Morgan fingerprint density at radius 1 is 1.10 bits per heavy atom. The lowest BCUT2D eigenvalue weighted by Crippen LogP contribution is -2.54. The molecule has 6 heteroatoms. The Kier molecular flexibility index (Phi) is 6.42. The molecule has 0 aromatic carbocycles. The molecule has 1 rings (SSSR count). The highest BCUT2D eigenvalue weighted by Gasteiger charge is 2.27. The van der Waals surface area contributed by atoms with E-state index in [1.807, 2.05) is 23.8 Å². The first-order valence-electron chi connectivity index (χ1n) is 7.28. The van der Waals surface area contributed by atoms with Crippen molar-refractivity contribution in [3.63, 3.8) is 0 Å². The highest BCUT2D eigenvalue weighted by Crippen LogP contribution is 2.07. The summed E-state index contributed by atoms with van der Waals surface area (Å²) in [6.07, 6.45) is 0. The van der Waals surface area contributed by atoms with Gasteiger partial charge in [-0.1, -0.05) is 6.92 Å². The summed E-state index contributed by atoms with van der Waals surface area (Å²) in [5, 5.41) is 0. The van der Waals surface area contributed by atoms with Crippen LogP contribution in [0.25, 0.3) is 0 Å². The fourth-order valence-electron chi connectivity index (χ4n) is 2.23. The Morgan fingerprint density at radius 2 is 1.65 bits per heavy atom. The summed E-state index contributed by atoms with van der Waals surface area (Å²) in [6, 6.07) is -0.257. The summed E-state index contributed by atoms with van der Waals surface area (Å²) < 4.78 is 0. The van der Waals surface area contributed by atoms with Crippen LogP contribution < -0.4 is 0 Å². The van der Waals surface area contributed by atoms with Crippen LogP contribution in [0.4, 0.5) is 0 Å². The molecule has 0 aromatic rings. The quantitative estimate of drug-likeness (QED) is 0.687. The fourth-order valence-corrected chi connectivity index (χ4v) is 2.23. The highest BCUT2D eigenvalue weighted by atomic mass is 16.2. The summed E-state index contributed by atoms with van der Waals surface area (Å²) >= 11 is 0. The van der Waals surface area contributed by atoms with Gasteiger partial charge in [0.1, 0.15) is 0 Å². The first kappa shape index (κ1) is 16.9. The van der Waals surface area contributed by atoms with Gasteiger partial charge in [0.05, 0.1) is 12.6 Å². The van der Waals surface area contributed by atoms with E-state index in [0.29, 0.717) is 0 Å². The van der Waals surface area contributed by atoms with Crippen molar-refractivity contribution in [3.05, 3.63) is 0 Å². The smallest absolute Gasteiger partial charge is 0.239 e. The maximum atomic E-state index is 12.4. The van der Waals surface area contributed by atoms with Gasteiger partial charge in [-0.25, -0.2) is 0 Å². The zero-order chi connectivity index (χ0) is 15.3. The summed E-state index contributed by atoms with van der Waals surface area (Å²) in [4.78, 5) is 31.7. The average Bonchev–Trinajstić information content (AvgIpc) is 2.45. The number of likely N-dealkylation sites (N-methyl/N-ethyl adjacent to an activating group) is 3. The van der Waals surface area contributed by atoms with Crippen LogP contribution in [0.5, 0.6) is 0 Å². The van der Waals surface area contributed by atoms with Gasteiger partial charge in [-0.05, 0) is 20.5 Å². The molecule has 0 unspecified atom stereocenters. The molecule has 0 N–H and O–H groups in total. The molecule has 116 valence electrons. The molecule has 0 aromatic heterocycles. The van der Waals surface area contributed by atoms with E-state index in [9.17, 15) is 9.59 Å². The Balaban J connectivity index is 2.48. The molecular weight excluding hydrogens is 256 g/mol. The average molecular weight is 284 g/mol. The van der Waals surface area contributed by atoms with E-state index in [1.54, 1.807) is 19.0 Å². The second-order valence-corrected chi connectivity index (χ2v) is 5.64. The molecule has 20 heavy (non-hydrogen) atoms. The molecule has 6 nitrogen and oxygen atoms in total. The molecule has 1 saturated heterocycles. The molecule has 1 fully saturated rings. The molecule has 0 radical (unpaired) electrons. The van der Waals surface area contributed by atoms with Gasteiger partial charge in [-0.2, -0.15) is 0 Å². The Labute approximate surface area is 122 Å². The van der Waals surface area contributed by atoms with Gasteiger partial charge in [0, 0.05) is 40.3 Å². The summed E-state index contributed by atoms with van der Waals surface area (Å²) in [5.74, 6) is 0.137. The molecule has 1 aliphatic rings. The van der Waals surface area contributed by atoms with Crippen molar-refractivity contribution in [3.8, 4) is 0 Å². The van der Waals surface area contributed by atoms with Crippen molar-refractivity contribution in [1.29, 1.82) is 0 Å². The van der Waals surface area contributed by atoms with Crippen molar-refractivity contribution in [2.45, 2.75) is 19.9 Å². The predicted molar refractivity (Wildman–Crippen MR) is 79.5 cm³/mol. The molecule has 2 amide bonds. The lowest BCUT2D eigenvalue weighted by Gasteiger charge is -2.37. The minimum atomic E-state index is -0.257. The minimum absolute atomic E-state index is 0.0166.